The van der Waals surface area contributed by atoms with Gasteiger partial charge in [-0.2, -0.15) is 0 Å². The summed E-state index contributed by atoms with van der Waals surface area (Å²) in [7, 11) is 0. The number of nitrogens with two attached hydrogens (primary N) is 1. The summed E-state index contributed by atoms with van der Waals surface area (Å²) >= 11 is 0. The van der Waals surface area contributed by atoms with E-state index in [4.69, 9.17) is 5.73 Å². The van der Waals surface area contributed by atoms with Gasteiger partial charge in [0.15, 0.2) is 0 Å². The van der Waals surface area contributed by atoms with Crippen LogP contribution in [0.2, 0.25) is 0 Å². The van der Waals surface area contributed by atoms with Crippen LogP contribution in [0.25, 0.3) is 0 Å². The molecule has 4 aliphatic carbocycles. The molecule has 0 aromatic carbocycles. The van der Waals surface area contributed by atoms with Crippen molar-refractivity contribution in [2.24, 2.45) is 58.0 Å². The lowest BCUT2D eigenvalue weighted by Gasteiger charge is -2.63. The van der Waals surface area contributed by atoms with Crippen molar-refractivity contribution in [2.45, 2.75) is 84.2 Å². The van der Waals surface area contributed by atoms with Crippen LogP contribution in [0, 0.1) is 52.3 Å². The molecule has 0 radical (unpaired) electrons. The molecule has 4 aliphatic rings. The molecule has 0 aromatic heterocycles. The Balaban J connectivity index is 1.65. The fourth-order valence-corrected chi connectivity index (χ4v) is 8.86. The summed E-state index contributed by atoms with van der Waals surface area (Å²) in [6, 6.07) is 0. The lowest BCUT2D eigenvalue weighted by atomic mass is 9.43. The SMILES string of the molecule is C[C@H]([C@H](CN)C(=O)O)[C@H]1CCC2C3C(CC[C@@]21C)[C@@]1(C)CC[C@@H](O)C[C@H]1CC3(F)F. The van der Waals surface area contributed by atoms with Gasteiger partial charge in [-0.1, -0.05) is 20.8 Å². The number of carboxylic acids is 1. The zero-order chi connectivity index (χ0) is 22.1. The van der Waals surface area contributed by atoms with Gasteiger partial charge >= 0.3 is 5.97 Å². The standard InChI is InChI=1S/C24H39F2NO3/c1-13(16(12-27)21(29)30)17-4-5-18-20-19(7-9-23(17,18)3)22(2)8-6-15(28)10-14(22)11-24(20,25)26/h13-20,28H,4-12,27H2,1-3H3,(H,29,30)/t13-,14+,15-,16+,17-,18?,19?,20?,22+,23-/m1/s1. The maximum atomic E-state index is 15.7. The summed E-state index contributed by atoms with van der Waals surface area (Å²) < 4.78 is 31.4. The second kappa shape index (κ2) is 7.40. The van der Waals surface area contributed by atoms with E-state index in [9.17, 15) is 15.0 Å². The van der Waals surface area contributed by atoms with Crippen molar-refractivity contribution < 1.29 is 23.8 Å². The van der Waals surface area contributed by atoms with Crippen molar-refractivity contribution >= 4 is 5.97 Å². The highest BCUT2D eigenvalue weighted by molar-refractivity contribution is 5.70. The summed E-state index contributed by atoms with van der Waals surface area (Å²) in [5.41, 5.74) is 5.42. The number of aliphatic carboxylic acids is 1. The molecule has 10 atom stereocenters. The van der Waals surface area contributed by atoms with E-state index in [1.54, 1.807) is 0 Å². The van der Waals surface area contributed by atoms with Gasteiger partial charge in [-0.05, 0) is 85.4 Å². The van der Waals surface area contributed by atoms with Crippen LogP contribution in [-0.2, 0) is 4.79 Å². The van der Waals surface area contributed by atoms with Crippen LogP contribution in [-0.4, -0.2) is 34.8 Å². The van der Waals surface area contributed by atoms with Crippen LogP contribution < -0.4 is 5.73 Å². The molecule has 0 aromatic rings. The third-order valence-electron chi connectivity index (χ3n) is 10.5. The van der Waals surface area contributed by atoms with Gasteiger partial charge in [-0.15, -0.1) is 0 Å². The smallest absolute Gasteiger partial charge is 0.308 e. The molecule has 0 saturated heterocycles. The molecule has 6 heteroatoms. The van der Waals surface area contributed by atoms with Gasteiger partial charge in [-0.3, -0.25) is 4.79 Å². The van der Waals surface area contributed by atoms with E-state index in [1.165, 1.54) is 0 Å². The third-order valence-corrected chi connectivity index (χ3v) is 10.5. The molecule has 4 nitrogen and oxygen atoms in total. The van der Waals surface area contributed by atoms with E-state index in [0.29, 0.717) is 6.42 Å². The highest BCUT2D eigenvalue weighted by Gasteiger charge is 2.68. The first-order valence-electron chi connectivity index (χ1n) is 11.9. The Kier molecular flexibility index (Phi) is 5.53. The van der Waals surface area contributed by atoms with Crippen LogP contribution in [0.3, 0.4) is 0 Å². The largest absolute Gasteiger partial charge is 0.481 e. The van der Waals surface area contributed by atoms with Gasteiger partial charge in [0.25, 0.3) is 5.92 Å². The average Bonchev–Trinajstić information content (AvgIpc) is 3.00. The number of fused-ring (bicyclic) bond motifs is 5. The highest BCUT2D eigenvalue weighted by Crippen LogP contribution is 2.71. The number of carboxylic acid groups (broad SMARTS) is 1. The lowest BCUT2D eigenvalue weighted by Crippen LogP contribution is -2.61. The number of hydrogen-bond acceptors (Lipinski definition) is 3. The number of aliphatic hydroxyl groups excluding tert-OH is 1. The van der Waals surface area contributed by atoms with Gasteiger partial charge in [0.05, 0.1) is 12.0 Å². The summed E-state index contributed by atoms with van der Waals surface area (Å²) in [5, 5.41) is 19.8. The summed E-state index contributed by atoms with van der Waals surface area (Å²) in [5.74, 6) is -4.96. The fraction of sp³-hybridized carbons (Fsp3) is 0.958. The number of aliphatic hydroxyl groups is 1. The molecule has 4 rings (SSSR count). The highest BCUT2D eigenvalue weighted by atomic mass is 19.3. The summed E-state index contributed by atoms with van der Waals surface area (Å²) in [6.45, 7) is 6.43. The van der Waals surface area contributed by atoms with E-state index in [0.717, 1.165) is 38.5 Å². The molecular formula is C24H39F2NO3. The van der Waals surface area contributed by atoms with Crippen molar-refractivity contribution in [1.29, 1.82) is 0 Å². The van der Waals surface area contributed by atoms with Gasteiger partial charge < -0.3 is 15.9 Å². The normalized spacial score (nSPS) is 49.4. The Labute approximate surface area is 179 Å². The Morgan fingerprint density at radius 2 is 1.73 bits per heavy atom. The van der Waals surface area contributed by atoms with Crippen molar-refractivity contribution in [3.8, 4) is 0 Å². The van der Waals surface area contributed by atoms with Gasteiger partial charge in [0.1, 0.15) is 0 Å². The van der Waals surface area contributed by atoms with E-state index in [-0.39, 0.29) is 53.4 Å². The van der Waals surface area contributed by atoms with E-state index in [1.807, 2.05) is 6.92 Å². The topological polar surface area (TPSA) is 83.6 Å². The number of halogens is 2. The molecule has 0 heterocycles. The average molecular weight is 428 g/mol. The first-order chi connectivity index (χ1) is 14.0. The van der Waals surface area contributed by atoms with Crippen LogP contribution >= 0.6 is 0 Å². The monoisotopic (exact) mass is 427 g/mol. The molecule has 0 amide bonds. The van der Waals surface area contributed by atoms with Gasteiger partial charge in [-0.25, -0.2) is 8.78 Å². The molecule has 0 aliphatic heterocycles. The predicted octanol–water partition coefficient (Wildman–Crippen LogP) is 4.55. The van der Waals surface area contributed by atoms with Gasteiger partial charge in [0, 0.05) is 18.9 Å². The number of carbonyl (C=O) groups is 1. The minimum atomic E-state index is -2.71. The van der Waals surface area contributed by atoms with Crippen molar-refractivity contribution in [2.75, 3.05) is 6.54 Å². The lowest BCUT2D eigenvalue weighted by molar-refractivity contribution is -0.238. The first kappa shape index (κ1) is 22.4. The maximum absolute atomic E-state index is 15.7. The van der Waals surface area contributed by atoms with Crippen LogP contribution in [0.1, 0.15) is 72.1 Å². The Hall–Kier alpha value is -0.750. The first-order valence-corrected chi connectivity index (χ1v) is 11.9. The zero-order valence-electron chi connectivity index (χ0n) is 18.6. The van der Waals surface area contributed by atoms with Gasteiger partial charge in [0.2, 0.25) is 0 Å². The number of rotatable bonds is 4. The molecule has 0 spiro atoms. The third kappa shape index (κ3) is 3.15. The number of alkyl halides is 2. The minimum Gasteiger partial charge on any atom is -0.481 e. The molecule has 4 N–H and O–H groups in total. The molecule has 172 valence electrons. The minimum absolute atomic E-state index is 0.00402. The van der Waals surface area contributed by atoms with Crippen LogP contribution in [0.4, 0.5) is 8.78 Å². The summed E-state index contributed by atoms with van der Waals surface area (Å²) in [6.07, 6.45) is 4.81. The van der Waals surface area contributed by atoms with Crippen molar-refractivity contribution in [3.05, 3.63) is 0 Å². The van der Waals surface area contributed by atoms with E-state index >= 15 is 8.78 Å². The summed E-state index contributed by atoms with van der Waals surface area (Å²) in [4.78, 5) is 11.7. The fourth-order valence-electron chi connectivity index (χ4n) is 8.86. The second-order valence-corrected chi connectivity index (χ2v) is 11.6. The van der Waals surface area contributed by atoms with E-state index < -0.39 is 29.8 Å². The maximum Gasteiger partial charge on any atom is 0.308 e. The Morgan fingerprint density at radius 3 is 2.37 bits per heavy atom. The molecule has 4 saturated carbocycles. The predicted molar refractivity (Wildman–Crippen MR) is 111 cm³/mol. The van der Waals surface area contributed by atoms with Crippen molar-refractivity contribution in [1.82, 2.24) is 0 Å². The molecule has 0 bridgehead atoms. The van der Waals surface area contributed by atoms with Crippen LogP contribution in [0.15, 0.2) is 0 Å². The Morgan fingerprint density at radius 1 is 1.10 bits per heavy atom. The van der Waals surface area contributed by atoms with Crippen molar-refractivity contribution in [3.63, 3.8) is 0 Å². The molecule has 4 fully saturated rings. The molecule has 3 unspecified atom stereocenters. The Bertz CT molecular complexity index is 687. The quantitative estimate of drug-likeness (QED) is 0.615. The second-order valence-electron chi connectivity index (χ2n) is 11.6. The molecule has 30 heavy (non-hydrogen) atoms. The van der Waals surface area contributed by atoms with Crippen LogP contribution in [0.5, 0.6) is 0 Å². The number of hydrogen-bond donors (Lipinski definition) is 3. The zero-order valence-corrected chi connectivity index (χ0v) is 18.6. The molecular weight excluding hydrogens is 388 g/mol. The van der Waals surface area contributed by atoms with E-state index in [2.05, 4.69) is 13.8 Å².